The van der Waals surface area contributed by atoms with Gasteiger partial charge < -0.3 is 10.4 Å². The van der Waals surface area contributed by atoms with Crippen LogP contribution >= 0.6 is 0 Å². The Balaban J connectivity index is 3.27. The SMILES string of the molecule is CC(C)CC[C@@H](C)NC[C@@H](C)O. The second-order valence-corrected chi connectivity index (χ2v) is 4.13. The minimum Gasteiger partial charge on any atom is -0.392 e. The van der Waals surface area contributed by atoms with Gasteiger partial charge in [-0.2, -0.15) is 0 Å². The van der Waals surface area contributed by atoms with Gasteiger partial charge in [0.05, 0.1) is 6.10 Å². The van der Waals surface area contributed by atoms with E-state index in [1.165, 1.54) is 12.8 Å². The molecule has 2 nitrogen and oxygen atoms in total. The first-order valence-corrected chi connectivity index (χ1v) is 4.93. The highest BCUT2D eigenvalue weighted by Crippen LogP contribution is 2.05. The molecule has 0 saturated heterocycles. The summed E-state index contributed by atoms with van der Waals surface area (Å²) < 4.78 is 0. The number of nitrogens with one attached hydrogen (secondary N) is 1. The van der Waals surface area contributed by atoms with Gasteiger partial charge in [-0.05, 0) is 32.6 Å². The Morgan fingerprint density at radius 3 is 2.08 bits per heavy atom. The predicted molar refractivity (Wildman–Crippen MR) is 53.2 cm³/mol. The molecule has 0 bridgehead atoms. The third-order valence-electron chi connectivity index (χ3n) is 1.94. The summed E-state index contributed by atoms with van der Waals surface area (Å²) in [6, 6.07) is 0.530. The molecule has 0 saturated carbocycles. The first-order valence-electron chi connectivity index (χ1n) is 4.93. The van der Waals surface area contributed by atoms with Crippen molar-refractivity contribution in [2.45, 2.75) is 52.7 Å². The molecule has 0 radical (unpaired) electrons. The Bertz CT molecular complexity index is 90.0. The van der Waals surface area contributed by atoms with Crippen molar-refractivity contribution in [1.29, 1.82) is 0 Å². The molecule has 0 fully saturated rings. The maximum absolute atomic E-state index is 9.02. The molecule has 0 aliphatic rings. The largest absolute Gasteiger partial charge is 0.392 e. The molecular formula is C10H23NO. The van der Waals surface area contributed by atoms with Crippen LogP contribution in [0.4, 0.5) is 0 Å². The molecule has 0 spiro atoms. The Morgan fingerprint density at radius 1 is 1.08 bits per heavy atom. The maximum atomic E-state index is 9.02. The molecule has 2 atom stereocenters. The van der Waals surface area contributed by atoms with E-state index in [0.29, 0.717) is 12.6 Å². The van der Waals surface area contributed by atoms with E-state index in [9.17, 15) is 0 Å². The lowest BCUT2D eigenvalue weighted by atomic mass is 10.0. The quantitative estimate of drug-likeness (QED) is 0.641. The summed E-state index contributed by atoms with van der Waals surface area (Å²) in [4.78, 5) is 0. The summed E-state index contributed by atoms with van der Waals surface area (Å²) in [6.07, 6.45) is 2.23. The number of hydrogen-bond acceptors (Lipinski definition) is 2. The molecule has 0 aromatic heterocycles. The summed E-state index contributed by atoms with van der Waals surface area (Å²) in [6.45, 7) is 9.16. The fourth-order valence-corrected chi connectivity index (χ4v) is 1.06. The monoisotopic (exact) mass is 173 g/mol. The highest BCUT2D eigenvalue weighted by atomic mass is 16.3. The molecule has 0 heterocycles. The van der Waals surface area contributed by atoms with Crippen molar-refractivity contribution < 1.29 is 5.11 Å². The zero-order chi connectivity index (χ0) is 9.56. The smallest absolute Gasteiger partial charge is 0.0636 e. The van der Waals surface area contributed by atoms with E-state index in [1.54, 1.807) is 0 Å². The third kappa shape index (κ3) is 8.02. The van der Waals surface area contributed by atoms with E-state index < -0.39 is 0 Å². The van der Waals surface area contributed by atoms with E-state index in [-0.39, 0.29) is 6.10 Å². The lowest BCUT2D eigenvalue weighted by molar-refractivity contribution is 0.185. The highest BCUT2D eigenvalue weighted by molar-refractivity contribution is 4.63. The van der Waals surface area contributed by atoms with Crippen LogP contribution < -0.4 is 5.32 Å². The molecule has 0 aromatic rings. The predicted octanol–water partition coefficient (Wildman–Crippen LogP) is 1.78. The van der Waals surface area contributed by atoms with E-state index in [1.807, 2.05) is 6.92 Å². The fourth-order valence-electron chi connectivity index (χ4n) is 1.06. The van der Waals surface area contributed by atoms with Crippen LogP contribution in [0.15, 0.2) is 0 Å². The average molecular weight is 173 g/mol. The van der Waals surface area contributed by atoms with Crippen molar-refractivity contribution in [3.63, 3.8) is 0 Å². The van der Waals surface area contributed by atoms with E-state index in [2.05, 4.69) is 26.1 Å². The molecule has 0 aliphatic carbocycles. The molecule has 0 aliphatic heterocycles. The van der Waals surface area contributed by atoms with Gasteiger partial charge in [-0.25, -0.2) is 0 Å². The summed E-state index contributed by atoms with van der Waals surface area (Å²) in [5, 5.41) is 12.3. The molecule has 0 rings (SSSR count). The Hall–Kier alpha value is -0.0800. The molecule has 2 heteroatoms. The second-order valence-electron chi connectivity index (χ2n) is 4.13. The van der Waals surface area contributed by atoms with Gasteiger partial charge in [-0.15, -0.1) is 0 Å². The second kappa shape index (κ2) is 6.44. The minimum absolute atomic E-state index is 0.230. The van der Waals surface area contributed by atoms with Crippen LogP contribution in [-0.2, 0) is 0 Å². The third-order valence-corrected chi connectivity index (χ3v) is 1.94. The zero-order valence-corrected chi connectivity index (χ0v) is 8.80. The van der Waals surface area contributed by atoms with Gasteiger partial charge in [-0.1, -0.05) is 13.8 Å². The van der Waals surface area contributed by atoms with E-state index >= 15 is 0 Å². The molecular weight excluding hydrogens is 150 g/mol. The number of rotatable bonds is 6. The van der Waals surface area contributed by atoms with Crippen molar-refractivity contribution in [2.75, 3.05) is 6.54 Å². The van der Waals surface area contributed by atoms with Crippen LogP contribution in [0.3, 0.4) is 0 Å². The first kappa shape index (κ1) is 11.9. The van der Waals surface area contributed by atoms with E-state index in [4.69, 9.17) is 5.11 Å². The van der Waals surface area contributed by atoms with Gasteiger partial charge in [0.1, 0.15) is 0 Å². The lowest BCUT2D eigenvalue weighted by Gasteiger charge is -2.15. The number of hydrogen-bond donors (Lipinski definition) is 2. The Kier molecular flexibility index (Phi) is 6.39. The van der Waals surface area contributed by atoms with E-state index in [0.717, 1.165) is 5.92 Å². The zero-order valence-electron chi connectivity index (χ0n) is 8.80. The van der Waals surface area contributed by atoms with Gasteiger partial charge >= 0.3 is 0 Å². The molecule has 0 unspecified atom stereocenters. The summed E-state index contributed by atoms with van der Waals surface area (Å²) in [7, 11) is 0. The Morgan fingerprint density at radius 2 is 1.67 bits per heavy atom. The Labute approximate surface area is 76.4 Å². The van der Waals surface area contributed by atoms with Gasteiger partial charge in [0.25, 0.3) is 0 Å². The van der Waals surface area contributed by atoms with Crippen molar-refractivity contribution in [2.24, 2.45) is 5.92 Å². The van der Waals surface area contributed by atoms with Gasteiger partial charge in [0.2, 0.25) is 0 Å². The van der Waals surface area contributed by atoms with Crippen LogP contribution in [0.5, 0.6) is 0 Å². The van der Waals surface area contributed by atoms with Crippen molar-refractivity contribution >= 4 is 0 Å². The topological polar surface area (TPSA) is 32.3 Å². The summed E-state index contributed by atoms with van der Waals surface area (Å²) in [5.74, 6) is 0.779. The molecule has 12 heavy (non-hydrogen) atoms. The standard InChI is InChI=1S/C10H23NO/c1-8(2)5-6-9(3)11-7-10(4)12/h8-12H,5-7H2,1-4H3/t9-,10-/m1/s1. The van der Waals surface area contributed by atoms with Crippen molar-refractivity contribution in [1.82, 2.24) is 5.32 Å². The van der Waals surface area contributed by atoms with Gasteiger partial charge in [-0.3, -0.25) is 0 Å². The molecule has 2 N–H and O–H groups in total. The van der Waals surface area contributed by atoms with Crippen LogP contribution in [0, 0.1) is 5.92 Å². The normalized spacial score (nSPS) is 16.5. The average Bonchev–Trinajstić information content (AvgIpc) is 1.96. The minimum atomic E-state index is -0.230. The van der Waals surface area contributed by atoms with Crippen LogP contribution in [0.25, 0.3) is 0 Å². The summed E-state index contributed by atoms with van der Waals surface area (Å²) >= 11 is 0. The van der Waals surface area contributed by atoms with Gasteiger partial charge in [0.15, 0.2) is 0 Å². The molecule has 0 amide bonds. The van der Waals surface area contributed by atoms with Crippen molar-refractivity contribution in [3.8, 4) is 0 Å². The number of aliphatic hydroxyl groups excluding tert-OH is 1. The molecule has 74 valence electrons. The molecule has 0 aromatic carbocycles. The fraction of sp³-hybridized carbons (Fsp3) is 1.00. The number of aliphatic hydroxyl groups is 1. The maximum Gasteiger partial charge on any atom is 0.0636 e. The van der Waals surface area contributed by atoms with Gasteiger partial charge in [0, 0.05) is 12.6 Å². The lowest BCUT2D eigenvalue weighted by Crippen LogP contribution is -2.32. The summed E-state index contributed by atoms with van der Waals surface area (Å²) in [5.41, 5.74) is 0. The van der Waals surface area contributed by atoms with Crippen molar-refractivity contribution in [3.05, 3.63) is 0 Å². The van der Waals surface area contributed by atoms with Crippen LogP contribution in [0.1, 0.15) is 40.5 Å². The highest BCUT2D eigenvalue weighted by Gasteiger charge is 2.03. The van der Waals surface area contributed by atoms with Crippen LogP contribution in [-0.4, -0.2) is 23.8 Å². The first-order chi connectivity index (χ1) is 5.52. The van der Waals surface area contributed by atoms with Crippen LogP contribution in [0.2, 0.25) is 0 Å².